The maximum absolute atomic E-state index is 11.9. The molecule has 0 aromatic carbocycles. The average Bonchev–Trinajstić information content (AvgIpc) is 2.16. The lowest BCUT2D eigenvalue weighted by Crippen LogP contribution is -2.39. The summed E-state index contributed by atoms with van der Waals surface area (Å²) in [5, 5.41) is -0.484. The van der Waals surface area contributed by atoms with E-state index in [9.17, 15) is 8.42 Å². The van der Waals surface area contributed by atoms with Gasteiger partial charge in [-0.15, -0.1) is 11.6 Å². The molecule has 0 rings (SSSR count). The van der Waals surface area contributed by atoms with E-state index in [1.165, 1.54) is 0 Å². The van der Waals surface area contributed by atoms with Crippen LogP contribution in [0.15, 0.2) is 0 Å². The van der Waals surface area contributed by atoms with E-state index < -0.39 is 15.3 Å². The molecule has 0 spiro atoms. The standard InChI is InChI=1S/C9H20ClNO2S/c1-4-6-11(7-5-2)14(12,13)9(3)8-10/h9H,4-8H2,1-3H3. The minimum atomic E-state index is -3.17. The van der Waals surface area contributed by atoms with Crippen LogP contribution in [0.2, 0.25) is 0 Å². The van der Waals surface area contributed by atoms with Gasteiger partial charge in [0, 0.05) is 19.0 Å². The third-order valence-electron chi connectivity index (χ3n) is 2.03. The molecule has 5 heteroatoms. The molecule has 0 aromatic rings. The zero-order valence-electron chi connectivity index (χ0n) is 9.16. The predicted octanol–water partition coefficient (Wildman–Crippen LogP) is 2.07. The molecule has 86 valence electrons. The van der Waals surface area contributed by atoms with Crippen molar-refractivity contribution < 1.29 is 8.42 Å². The minimum absolute atomic E-state index is 0.159. The molecule has 0 saturated carbocycles. The van der Waals surface area contributed by atoms with Crippen molar-refractivity contribution in [3.63, 3.8) is 0 Å². The highest BCUT2D eigenvalue weighted by Gasteiger charge is 2.26. The molecule has 0 aromatic heterocycles. The van der Waals surface area contributed by atoms with Crippen molar-refractivity contribution in [3.05, 3.63) is 0 Å². The van der Waals surface area contributed by atoms with Crippen molar-refractivity contribution >= 4 is 21.6 Å². The van der Waals surface area contributed by atoms with Gasteiger partial charge in [0.2, 0.25) is 10.0 Å². The van der Waals surface area contributed by atoms with Crippen LogP contribution >= 0.6 is 11.6 Å². The van der Waals surface area contributed by atoms with Crippen LogP contribution in [0.5, 0.6) is 0 Å². The van der Waals surface area contributed by atoms with Crippen LogP contribution in [-0.4, -0.2) is 36.9 Å². The van der Waals surface area contributed by atoms with Crippen LogP contribution < -0.4 is 0 Å². The smallest absolute Gasteiger partial charge is 0.212 e. The molecule has 0 fully saturated rings. The first-order valence-corrected chi connectivity index (χ1v) is 7.09. The summed E-state index contributed by atoms with van der Waals surface area (Å²) in [4.78, 5) is 0. The summed E-state index contributed by atoms with van der Waals surface area (Å²) in [6.45, 7) is 6.79. The predicted molar refractivity (Wildman–Crippen MR) is 61.3 cm³/mol. The van der Waals surface area contributed by atoms with Gasteiger partial charge < -0.3 is 0 Å². The Hall–Kier alpha value is 0.200. The molecule has 0 N–H and O–H groups in total. The Bertz CT molecular complexity index is 235. The van der Waals surface area contributed by atoms with Crippen molar-refractivity contribution in [3.8, 4) is 0 Å². The van der Waals surface area contributed by atoms with Gasteiger partial charge in [-0.1, -0.05) is 13.8 Å². The Labute approximate surface area is 92.5 Å². The fraction of sp³-hybridized carbons (Fsp3) is 1.00. The van der Waals surface area contributed by atoms with Crippen LogP contribution in [0.3, 0.4) is 0 Å². The van der Waals surface area contributed by atoms with Gasteiger partial charge in [-0.3, -0.25) is 0 Å². The van der Waals surface area contributed by atoms with E-state index in [0.717, 1.165) is 12.8 Å². The van der Waals surface area contributed by atoms with Gasteiger partial charge in [0.1, 0.15) is 0 Å². The average molecular weight is 242 g/mol. The molecule has 0 amide bonds. The van der Waals surface area contributed by atoms with E-state index in [1.807, 2.05) is 13.8 Å². The second kappa shape index (κ2) is 6.64. The lowest BCUT2D eigenvalue weighted by Gasteiger charge is -2.23. The summed E-state index contributed by atoms with van der Waals surface area (Å²) in [5.41, 5.74) is 0. The van der Waals surface area contributed by atoms with E-state index in [2.05, 4.69) is 0 Å². The van der Waals surface area contributed by atoms with Crippen molar-refractivity contribution in [2.45, 2.75) is 38.9 Å². The van der Waals surface area contributed by atoms with Gasteiger partial charge in [0.05, 0.1) is 5.25 Å². The fourth-order valence-electron chi connectivity index (χ4n) is 1.20. The molecule has 0 radical (unpaired) electrons. The van der Waals surface area contributed by atoms with Gasteiger partial charge in [0.25, 0.3) is 0 Å². The lowest BCUT2D eigenvalue weighted by atomic mass is 10.4. The van der Waals surface area contributed by atoms with Crippen LogP contribution in [-0.2, 0) is 10.0 Å². The maximum Gasteiger partial charge on any atom is 0.217 e. The van der Waals surface area contributed by atoms with E-state index in [1.54, 1.807) is 11.2 Å². The Morgan fingerprint density at radius 1 is 1.21 bits per heavy atom. The first kappa shape index (κ1) is 14.2. The Morgan fingerprint density at radius 2 is 1.64 bits per heavy atom. The molecule has 0 bridgehead atoms. The second-order valence-corrected chi connectivity index (χ2v) is 6.07. The normalized spacial score (nSPS) is 14.6. The molecule has 0 aliphatic rings. The minimum Gasteiger partial charge on any atom is -0.212 e. The first-order chi connectivity index (χ1) is 6.50. The molecule has 0 aliphatic carbocycles. The number of halogens is 1. The van der Waals surface area contributed by atoms with Crippen LogP contribution in [0.4, 0.5) is 0 Å². The number of hydrogen-bond donors (Lipinski definition) is 0. The summed E-state index contributed by atoms with van der Waals surface area (Å²) in [7, 11) is -3.17. The van der Waals surface area contributed by atoms with Crippen molar-refractivity contribution in [1.82, 2.24) is 4.31 Å². The summed E-state index contributed by atoms with van der Waals surface area (Å²) in [6, 6.07) is 0. The number of alkyl halides is 1. The molecule has 0 saturated heterocycles. The SMILES string of the molecule is CCCN(CCC)S(=O)(=O)C(C)CCl. The number of rotatable bonds is 7. The Morgan fingerprint density at radius 3 is 1.93 bits per heavy atom. The number of sulfonamides is 1. The molecule has 0 aliphatic heterocycles. The number of nitrogens with zero attached hydrogens (tertiary/aromatic N) is 1. The monoisotopic (exact) mass is 241 g/mol. The molecule has 3 nitrogen and oxygen atoms in total. The molecular formula is C9H20ClNO2S. The van der Waals surface area contributed by atoms with Crippen LogP contribution in [0, 0.1) is 0 Å². The van der Waals surface area contributed by atoms with E-state index in [-0.39, 0.29) is 5.88 Å². The topological polar surface area (TPSA) is 37.4 Å². The summed E-state index contributed by atoms with van der Waals surface area (Å²) in [5.74, 6) is 0.159. The third kappa shape index (κ3) is 3.75. The Balaban J connectivity index is 4.62. The number of hydrogen-bond acceptors (Lipinski definition) is 2. The summed E-state index contributed by atoms with van der Waals surface area (Å²) < 4.78 is 25.3. The quantitative estimate of drug-likeness (QED) is 0.640. The summed E-state index contributed by atoms with van der Waals surface area (Å²) in [6.07, 6.45) is 1.68. The van der Waals surface area contributed by atoms with Gasteiger partial charge in [-0.2, -0.15) is 0 Å². The van der Waals surface area contributed by atoms with Crippen molar-refractivity contribution in [2.24, 2.45) is 0 Å². The van der Waals surface area contributed by atoms with Gasteiger partial charge in [-0.05, 0) is 19.8 Å². The lowest BCUT2D eigenvalue weighted by molar-refractivity contribution is 0.405. The van der Waals surface area contributed by atoms with Gasteiger partial charge in [0.15, 0.2) is 0 Å². The fourth-order valence-corrected chi connectivity index (χ4v) is 3.22. The van der Waals surface area contributed by atoms with E-state index in [4.69, 9.17) is 11.6 Å². The van der Waals surface area contributed by atoms with Crippen molar-refractivity contribution in [1.29, 1.82) is 0 Å². The highest BCUT2D eigenvalue weighted by atomic mass is 35.5. The third-order valence-corrected chi connectivity index (χ3v) is 4.95. The van der Waals surface area contributed by atoms with Gasteiger partial charge in [-0.25, -0.2) is 12.7 Å². The maximum atomic E-state index is 11.9. The molecule has 0 heterocycles. The van der Waals surface area contributed by atoms with Crippen molar-refractivity contribution in [2.75, 3.05) is 19.0 Å². The van der Waals surface area contributed by atoms with E-state index >= 15 is 0 Å². The molecule has 1 unspecified atom stereocenters. The zero-order valence-corrected chi connectivity index (χ0v) is 10.7. The second-order valence-electron chi connectivity index (χ2n) is 3.41. The molecular weight excluding hydrogens is 222 g/mol. The van der Waals surface area contributed by atoms with Crippen LogP contribution in [0.1, 0.15) is 33.6 Å². The zero-order chi connectivity index (χ0) is 11.2. The summed E-state index contributed by atoms with van der Waals surface area (Å²) >= 11 is 5.58. The highest BCUT2D eigenvalue weighted by molar-refractivity contribution is 7.89. The molecule has 1 atom stereocenters. The van der Waals surface area contributed by atoms with Gasteiger partial charge >= 0.3 is 0 Å². The van der Waals surface area contributed by atoms with E-state index in [0.29, 0.717) is 13.1 Å². The van der Waals surface area contributed by atoms with Crippen LogP contribution in [0.25, 0.3) is 0 Å². The largest absolute Gasteiger partial charge is 0.217 e. The first-order valence-electron chi connectivity index (χ1n) is 5.05. The molecule has 14 heavy (non-hydrogen) atoms. The Kier molecular flexibility index (Phi) is 6.74. The highest BCUT2D eigenvalue weighted by Crippen LogP contribution is 2.11.